The molecule has 132 valence electrons. The molecule has 2 saturated heterocycles. The highest BCUT2D eigenvalue weighted by molar-refractivity contribution is 7.87. The van der Waals surface area contributed by atoms with Crippen LogP contribution in [0.4, 0.5) is 4.39 Å². The molecule has 2 aliphatic rings. The highest BCUT2D eigenvalue weighted by Gasteiger charge is 2.38. The van der Waals surface area contributed by atoms with E-state index in [1.807, 2.05) is 0 Å². The van der Waals surface area contributed by atoms with Gasteiger partial charge in [0.2, 0.25) is 0 Å². The monoisotopic (exact) mass is 359 g/mol. The molecule has 0 aromatic heterocycles. The van der Waals surface area contributed by atoms with Gasteiger partial charge in [0.1, 0.15) is 23.7 Å². The Hall–Kier alpha value is -1.75. The topological polar surface area (TPSA) is 99.2 Å². The van der Waals surface area contributed by atoms with Gasteiger partial charge >= 0.3 is 0 Å². The number of ether oxygens (including phenoxy) is 1. The van der Waals surface area contributed by atoms with Crippen molar-refractivity contribution in [1.82, 2.24) is 14.1 Å². The molecule has 24 heavy (non-hydrogen) atoms. The van der Waals surface area contributed by atoms with Crippen molar-refractivity contribution in [2.75, 3.05) is 19.6 Å². The molecule has 2 N–H and O–H groups in total. The maximum atomic E-state index is 12.9. The molecule has 2 atom stereocenters. The number of halogens is 1. The zero-order valence-corrected chi connectivity index (χ0v) is 13.6. The third kappa shape index (κ3) is 3.66. The van der Waals surface area contributed by atoms with Crippen LogP contribution in [0.1, 0.15) is 12.8 Å². The van der Waals surface area contributed by atoms with E-state index in [9.17, 15) is 22.8 Å². The van der Waals surface area contributed by atoms with Crippen LogP contribution in [0.15, 0.2) is 24.3 Å². The Bertz CT molecular complexity index is 712. The Morgan fingerprint density at radius 2 is 1.92 bits per heavy atom. The summed E-state index contributed by atoms with van der Waals surface area (Å²) in [6.45, 7) is 0.490. The second-order valence-corrected chi connectivity index (χ2v) is 7.47. The molecular weight excluding hydrogens is 341 g/mol. The summed E-state index contributed by atoms with van der Waals surface area (Å²) in [5.74, 6) is -0.561. The fourth-order valence-corrected chi connectivity index (χ4v) is 4.18. The van der Waals surface area contributed by atoms with Gasteiger partial charge in [0, 0.05) is 6.54 Å². The second-order valence-electron chi connectivity index (χ2n) is 5.77. The molecular formula is C14H18FN3O5S. The van der Waals surface area contributed by atoms with Gasteiger partial charge in [0.25, 0.3) is 16.1 Å². The largest absolute Gasteiger partial charge is 0.489 e. The maximum Gasteiger partial charge on any atom is 0.280 e. The summed E-state index contributed by atoms with van der Waals surface area (Å²) in [6, 6.07) is 4.56. The van der Waals surface area contributed by atoms with Crippen LogP contribution >= 0.6 is 0 Å². The van der Waals surface area contributed by atoms with E-state index in [1.165, 1.54) is 28.6 Å². The minimum atomic E-state index is -3.85. The molecule has 2 aliphatic heterocycles. The quantitative estimate of drug-likeness (QED) is 0.727. The third-order valence-electron chi connectivity index (χ3n) is 4.04. The van der Waals surface area contributed by atoms with Crippen LogP contribution < -0.4 is 9.46 Å². The molecule has 0 saturated carbocycles. The molecule has 0 aliphatic carbocycles. The second kappa shape index (κ2) is 6.63. The molecule has 1 aromatic rings. The van der Waals surface area contributed by atoms with Crippen LogP contribution in [0.3, 0.4) is 0 Å². The van der Waals surface area contributed by atoms with Crippen molar-refractivity contribution in [3.8, 4) is 5.75 Å². The average molecular weight is 359 g/mol. The predicted molar refractivity (Wildman–Crippen MR) is 81.0 cm³/mol. The lowest BCUT2D eigenvalue weighted by Crippen LogP contribution is -2.47. The molecule has 8 nitrogen and oxygen atoms in total. The van der Waals surface area contributed by atoms with Crippen LogP contribution in [-0.2, 0) is 15.0 Å². The normalized spacial score (nSPS) is 25.4. The first kappa shape index (κ1) is 17.1. The number of hydroxylamine groups is 2. The molecule has 2 unspecified atom stereocenters. The van der Waals surface area contributed by atoms with E-state index in [0.717, 1.165) is 0 Å². The average Bonchev–Trinajstić information content (AvgIpc) is 3.12. The Morgan fingerprint density at radius 1 is 1.21 bits per heavy atom. The zero-order chi connectivity index (χ0) is 17.3. The number of nitrogens with one attached hydrogen (secondary N) is 1. The Balaban J connectivity index is 1.58. The van der Waals surface area contributed by atoms with E-state index in [1.54, 1.807) is 0 Å². The number of amides is 1. The summed E-state index contributed by atoms with van der Waals surface area (Å²) in [5.41, 5.74) is 0. The van der Waals surface area contributed by atoms with E-state index < -0.39 is 22.2 Å². The lowest BCUT2D eigenvalue weighted by atomic mass is 10.3. The van der Waals surface area contributed by atoms with E-state index in [0.29, 0.717) is 17.2 Å². The van der Waals surface area contributed by atoms with Gasteiger partial charge in [-0.3, -0.25) is 10.0 Å². The summed E-state index contributed by atoms with van der Waals surface area (Å²) in [5, 5.41) is 9.76. The molecule has 0 radical (unpaired) electrons. The summed E-state index contributed by atoms with van der Waals surface area (Å²) >= 11 is 0. The fourth-order valence-electron chi connectivity index (χ4n) is 2.75. The number of carbonyl (C=O) groups is 1. The Morgan fingerprint density at radius 3 is 2.54 bits per heavy atom. The summed E-state index contributed by atoms with van der Waals surface area (Å²) in [4.78, 5) is 11.6. The Kier molecular flexibility index (Phi) is 4.72. The molecule has 0 spiro atoms. The highest BCUT2D eigenvalue weighted by atomic mass is 32.2. The molecule has 3 rings (SSSR count). The first-order valence-electron chi connectivity index (χ1n) is 7.55. The van der Waals surface area contributed by atoms with Gasteiger partial charge in [-0.25, -0.2) is 9.45 Å². The molecule has 1 aromatic carbocycles. The van der Waals surface area contributed by atoms with Gasteiger partial charge in [0.05, 0.1) is 13.1 Å². The minimum Gasteiger partial charge on any atom is -0.489 e. The molecule has 1 amide bonds. The first-order chi connectivity index (χ1) is 11.3. The smallest absolute Gasteiger partial charge is 0.280 e. The van der Waals surface area contributed by atoms with E-state index in [2.05, 4.69) is 4.72 Å². The van der Waals surface area contributed by atoms with Crippen molar-refractivity contribution in [1.29, 1.82) is 0 Å². The molecule has 2 fully saturated rings. The zero-order valence-electron chi connectivity index (χ0n) is 12.8. The van der Waals surface area contributed by atoms with Crippen LogP contribution in [0.2, 0.25) is 0 Å². The van der Waals surface area contributed by atoms with Gasteiger partial charge in [-0.15, -0.1) is 0 Å². The van der Waals surface area contributed by atoms with Crippen LogP contribution in [0.25, 0.3) is 0 Å². The van der Waals surface area contributed by atoms with E-state index in [4.69, 9.17) is 4.74 Å². The SMILES string of the molecule is O=C1C(NS(=O)(=O)N2CCC(Oc3ccc(F)cc3)C2)CCN1O. The lowest BCUT2D eigenvalue weighted by Gasteiger charge is -2.19. The van der Waals surface area contributed by atoms with Crippen molar-refractivity contribution in [3.63, 3.8) is 0 Å². The first-order valence-corrected chi connectivity index (χ1v) is 8.99. The number of hydrogen-bond acceptors (Lipinski definition) is 5. The fraction of sp³-hybridized carbons (Fsp3) is 0.500. The number of hydrogen-bond donors (Lipinski definition) is 2. The van der Waals surface area contributed by atoms with Gasteiger partial charge in [-0.1, -0.05) is 0 Å². The summed E-state index contributed by atoms with van der Waals surface area (Å²) in [7, 11) is -3.85. The van der Waals surface area contributed by atoms with Crippen LogP contribution in [0.5, 0.6) is 5.75 Å². The standard InChI is InChI=1S/C14H18FN3O5S/c15-10-1-3-11(4-2-10)23-12-5-7-17(9-12)24(21,22)16-13-6-8-18(20)14(13)19/h1-4,12-13,16,20H,5-9H2. The number of carbonyl (C=O) groups excluding carboxylic acids is 1. The third-order valence-corrected chi connectivity index (χ3v) is 5.63. The van der Waals surface area contributed by atoms with Crippen molar-refractivity contribution >= 4 is 16.1 Å². The van der Waals surface area contributed by atoms with Gasteiger partial charge in [0.15, 0.2) is 0 Å². The predicted octanol–water partition coefficient (Wildman–Crippen LogP) is 0.103. The molecule has 0 bridgehead atoms. The lowest BCUT2D eigenvalue weighted by molar-refractivity contribution is -0.158. The number of rotatable bonds is 5. The highest BCUT2D eigenvalue weighted by Crippen LogP contribution is 2.21. The maximum absolute atomic E-state index is 12.9. The molecule has 2 heterocycles. The number of nitrogens with zero attached hydrogens (tertiary/aromatic N) is 2. The van der Waals surface area contributed by atoms with Crippen molar-refractivity contribution in [2.24, 2.45) is 0 Å². The van der Waals surface area contributed by atoms with Crippen molar-refractivity contribution < 1.29 is 27.5 Å². The number of benzene rings is 1. The van der Waals surface area contributed by atoms with Crippen LogP contribution in [-0.4, -0.2) is 60.7 Å². The van der Waals surface area contributed by atoms with Crippen LogP contribution in [0, 0.1) is 5.82 Å². The summed E-state index contributed by atoms with van der Waals surface area (Å²) < 4.78 is 46.7. The van der Waals surface area contributed by atoms with Gasteiger partial charge in [-0.05, 0) is 37.1 Å². The van der Waals surface area contributed by atoms with Crippen molar-refractivity contribution in [2.45, 2.75) is 25.0 Å². The minimum absolute atomic E-state index is 0.0995. The van der Waals surface area contributed by atoms with Gasteiger partial charge in [-0.2, -0.15) is 17.4 Å². The van der Waals surface area contributed by atoms with Crippen molar-refractivity contribution in [3.05, 3.63) is 30.1 Å². The Labute approximate surface area is 138 Å². The van der Waals surface area contributed by atoms with E-state index >= 15 is 0 Å². The summed E-state index contributed by atoms with van der Waals surface area (Å²) in [6.07, 6.45) is 0.363. The van der Waals surface area contributed by atoms with Gasteiger partial charge < -0.3 is 4.74 Å². The molecule has 10 heteroatoms. The van der Waals surface area contributed by atoms with E-state index in [-0.39, 0.29) is 38.0 Å².